The molecule has 4 rings (SSSR count). The van der Waals surface area contributed by atoms with Crippen molar-refractivity contribution in [1.29, 1.82) is 0 Å². The minimum absolute atomic E-state index is 0.0804. The lowest BCUT2D eigenvalue weighted by Crippen LogP contribution is -2.45. The molecule has 2 amide bonds. The number of carbonyl (C=O) groups is 3. The Morgan fingerprint density at radius 2 is 1.49 bits per heavy atom. The molecule has 9 nitrogen and oxygen atoms in total. The van der Waals surface area contributed by atoms with Crippen LogP contribution in [0.2, 0.25) is 0 Å². The van der Waals surface area contributed by atoms with Crippen LogP contribution in [0.3, 0.4) is 0 Å². The van der Waals surface area contributed by atoms with Crippen molar-refractivity contribution >= 4 is 34.0 Å². The number of piperidine rings is 1. The summed E-state index contributed by atoms with van der Waals surface area (Å²) in [5, 5.41) is 5.33. The first-order valence-corrected chi connectivity index (χ1v) is 14.2. The molecule has 204 valence electrons. The Balaban J connectivity index is 1.38. The maximum absolute atomic E-state index is 13.0. The van der Waals surface area contributed by atoms with Gasteiger partial charge in [0.25, 0.3) is 0 Å². The molecule has 1 aliphatic rings. The molecule has 39 heavy (non-hydrogen) atoms. The number of hydrogen-bond acceptors (Lipinski definition) is 6. The fraction of sp³-hybridized carbons (Fsp3) is 0.276. The molecule has 0 spiro atoms. The third kappa shape index (κ3) is 7.75. The van der Waals surface area contributed by atoms with Crippen molar-refractivity contribution in [3.8, 4) is 0 Å². The number of ether oxygens (including phenoxy) is 1. The lowest BCUT2D eigenvalue weighted by molar-refractivity contribution is -0.147. The van der Waals surface area contributed by atoms with E-state index in [-0.39, 0.29) is 36.9 Å². The van der Waals surface area contributed by atoms with Gasteiger partial charge < -0.3 is 20.2 Å². The van der Waals surface area contributed by atoms with Crippen LogP contribution in [0.25, 0.3) is 0 Å². The van der Waals surface area contributed by atoms with Gasteiger partial charge in [-0.1, -0.05) is 60.7 Å². The predicted molar refractivity (Wildman–Crippen MR) is 146 cm³/mol. The molecule has 0 saturated carbocycles. The average molecular weight is 550 g/mol. The number of nitrogens with zero attached hydrogens (tertiary/aromatic N) is 1. The number of urea groups is 1. The number of nitrogens with one attached hydrogen (secondary N) is 2. The van der Waals surface area contributed by atoms with Crippen LogP contribution in [0.1, 0.15) is 24.0 Å². The fourth-order valence-corrected chi connectivity index (χ4v) is 5.78. The van der Waals surface area contributed by atoms with Crippen molar-refractivity contribution in [2.24, 2.45) is 5.92 Å². The van der Waals surface area contributed by atoms with Crippen LogP contribution < -0.4 is 10.6 Å². The summed E-state index contributed by atoms with van der Waals surface area (Å²) in [5.74, 6) is -0.680. The van der Waals surface area contributed by atoms with E-state index in [0.29, 0.717) is 18.5 Å². The van der Waals surface area contributed by atoms with Crippen LogP contribution in [-0.2, 0) is 37.4 Å². The summed E-state index contributed by atoms with van der Waals surface area (Å²) in [6, 6.07) is 22.8. The standard InChI is InChI=1S/C29H31N3O6S/c33-20-23-15-17-32(18-16-23)39(36,37)26-13-11-25(12-14-26)30-29(35)31-27(19-22-7-3-1-4-8-22)28(34)38-21-24-9-5-2-6-10-24/h1-14,20,23,27H,15-19,21H2,(H2,30,31,35). The topological polar surface area (TPSA) is 122 Å². The molecule has 0 aromatic heterocycles. The molecule has 1 saturated heterocycles. The average Bonchev–Trinajstić information content (AvgIpc) is 2.97. The minimum Gasteiger partial charge on any atom is -0.459 e. The molecule has 10 heteroatoms. The number of carbonyl (C=O) groups excluding carboxylic acids is 3. The number of esters is 1. The Hall–Kier alpha value is -4.02. The zero-order valence-electron chi connectivity index (χ0n) is 21.4. The molecule has 3 aromatic carbocycles. The van der Waals surface area contributed by atoms with Crippen LogP contribution in [-0.4, -0.2) is 50.1 Å². The Morgan fingerprint density at radius 3 is 2.08 bits per heavy atom. The zero-order chi connectivity index (χ0) is 27.7. The van der Waals surface area contributed by atoms with E-state index in [2.05, 4.69) is 10.6 Å². The zero-order valence-corrected chi connectivity index (χ0v) is 22.2. The molecule has 1 fully saturated rings. The second-order valence-electron chi connectivity index (χ2n) is 9.34. The third-order valence-electron chi connectivity index (χ3n) is 6.54. The number of rotatable bonds is 10. The van der Waals surface area contributed by atoms with E-state index in [1.54, 1.807) is 0 Å². The van der Waals surface area contributed by atoms with Crippen molar-refractivity contribution in [1.82, 2.24) is 9.62 Å². The van der Waals surface area contributed by atoms with E-state index in [1.807, 2.05) is 60.7 Å². The Labute approximate surface area is 228 Å². The van der Waals surface area contributed by atoms with E-state index >= 15 is 0 Å². The second kappa shape index (κ2) is 13.2. The Kier molecular flexibility index (Phi) is 9.45. The maximum Gasteiger partial charge on any atom is 0.329 e. The van der Waals surface area contributed by atoms with E-state index in [1.165, 1.54) is 28.6 Å². The number of amides is 2. The third-order valence-corrected chi connectivity index (χ3v) is 8.45. The van der Waals surface area contributed by atoms with Crippen molar-refractivity contribution in [2.75, 3.05) is 18.4 Å². The summed E-state index contributed by atoms with van der Waals surface area (Å²) in [7, 11) is -3.71. The molecule has 0 aliphatic carbocycles. The van der Waals surface area contributed by atoms with Crippen LogP contribution in [0, 0.1) is 5.92 Å². The normalized spacial score (nSPS) is 15.2. The molecule has 1 aliphatic heterocycles. The van der Waals surface area contributed by atoms with Gasteiger partial charge in [0.1, 0.15) is 18.9 Å². The highest BCUT2D eigenvalue weighted by Gasteiger charge is 2.29. The summed E-state index contributed by atoms with van der Waals surface area (Å²) in [5.41, 5.74) is 2.05. The number of anilines is 1. The molecule has 1 atom stereocenters. The first-order chi connectivity index (χ1) is 18.8. The lowest BCUT2D eigenvalue weighted by atomic mass is 10.0. The Bertz CT molecular complexity index is 1360. The van der Waals surface area contributed by atoms with Crippen LogP contribution >= 0.6 is 0 Å². The van der Waals surface area contributed by atoms with Gasteiger partial charge in [-0.15, -0.1) is 0 Å². The Morgan fingerprint density at radius 1 is 0.897 bits per heavy atom. The smallest absolute Gasteiger partial charge is 0.329 e. The first-order valence-electron chi connectivity index (χ1n) is 12.7. The van der Waals surface area contributed by atoms with Gasteiger partial charge in [0.15, 0.2) is 0 Å². The molecule has 3 aromatic rings. The van der Waals surface area contributed by atoms with Gasteiger partial charge in [-0.25, -0.2) is 18.0 Å². The van der Waals surface area contributed by atoms with Gasteiger partial charge in [-0.3, -0.25) is 0 Å². The highest BCUT2D eigenvalue weighted by Crippen LogP contribution is 2.24. The number of benzene rings is 3. The molecule has 1 heterocycles. The van der Waals surface area contributed by atoms with Gasteiger partial charge in [-0.2, -0.15) is 4.31 Å². The number of sulfonamides is 1. The molecule has 2 N–H and O–H groups in total. The van der Waals surface area contributed by atoms with Gasteiger partial charge in [-0.05, 0) is 48.2 Å². The van der Waals surface area contributed by atoms with Crippen LogP contribution in [0.15, 0.2) is 89.8 Å². The van der Waals surface area contributed by atoms with E-state index in [4.69, 9.17) is 4.74 Å². The summed E-state index contributed by atoms with van der Waals surface area (Å²) < 4.78 is 32.8. The van der Waals surface area contributed by atoms with Gasteiger partial charge in [0, 0.05) is 31.1 Å². The lowest BCUT2D eigenvalue weighted by Gasteiger charge is -2.28. The highest BCUT2D eigenvalue weighted by atomic mass is 32.2. The van der Waals surface area contributed by atoms with Gasteiger partial charge >= 0.3 is 12.0 Å². The maximum atomic E-state index is 13.0. The van der Waals surface area contributed by atoms with Crippen LogP contribution in [0.5, 0.6) is 0 Å². The summed E-state index contributed by atoms with van der Waals surface area (Å²) in [6.45, 7) is 0.658. The van der Waals surface area contributed by atoms with Gasteiger partial charge in [0.2, 0.25) is 10.0 Å². The summed E-state index contributed by atoms with van der Waals surface area (Å²) in [6.07, 6.45) is 2.11. The van der Waals surface area contributed by atoms with E-state index in [0.717, 1.165) is 17.4 Å². The molecule has 0 radical (unpaired) electrons. The monoisotopic (exact) mass is 549 g/mol. The quantitative estimate of drug-likeness (QED) is 0.293. The van der Waals surface area contributed by atoms with Gasteiger partial charge in [0.05, 0.1) is 4.90 Å². The number of aldehydes is 1. The molecule has 1 unspecified atom stereocenters. The number of hydrogen-bond donors (Lipinski definition) is 2. The van der Waals surface area contributed by atoms with Crippen molar-refractivity contribution < 1.29 is 27.5 Å². The SMILES string of the molecule is O=CC1CCN(S(=O)(=O)c2ccc(NC(=O)NC(Cc3ccccc3)C(=O)OCc3ccccc3)cc2)CC1. The minimum atomic E-state index is -3.71. The first kappa shape index (κ1) is 28.0. The summed E-state index contributed by atoms with van der Waals surface area (Å²) >= 11 is 0. The van der Waals surface area contributed by atoms with Crippen molar-refractivity contribution in [3.63, 3.8) is 0 Å². The summed E-state index contributed by atoms with van der Waals surface area (Å²) in [4.78, 5) is 36.8. The second-order valence-corrected chi connectivity index (χ2v) is 11.3. The van der Waals surface area contributed by atoms with E-state index < -0.39 is 28.1 Å². The molecule has 0 bridgehead atoms. The van der Waals surface area contributed by atoms with Crippen molar-refractivity contribution in [2.45, 2.75) is 36.8 Å². The predicted octanol–water partition coefficient (Wildman–Crippen LogP) is 3.76. The fourth-order valence-electron chi connectivity index (χ4n) is 4.31. The van der Waals surface area contributed by atoms with Crippen LogP contribution in [0.4, 0.5) is 10.5 Å². The largest absolute Gasteiger partial charge is 0.459 e. The van der Waals surface area contributed by atoms with Crippen molar-refractivity contribution in [3.05, 3.63) is 96.1 Å². The molecular formula is C29H31N3O6S. The molecular weight excluding hydrogens is 518 g/mol. The van der Waals surface area contributed by atoms with E-state index in [9.17, 15) is 22.8 Å². The highest BCUT2D eigenvalue weighted by molar-refractivity contribution is 7.89.